The van der Waals surface area contributed by atoms with E-state index < -0.39 is 0 Å². The van der Waals surface area contributed by atoms with Gasteiger partial charge in [0.15, 0.2) is 0 Å². The Balaban J connectivity index is 2.37. The van der Waals surface area contributed by atoms with Crippen LogP contribution in [0.25, 0.3) is 0 Å². The summed E-state index contributed by atoms with van der Waals surface area (Å²) in [7, 11) is 1.78. The van der Waals surface area contributed by atoms with Crippen molar-refractivity contribution in [1.29, 1.82) is 0 Å². The van der Waals surface area contributed by atoms with Gasteiger partial charge in [0, 0.05) is 13.2 Å². The van der Waals surface area contributed by atoms with E-state index in [0.29, 0.717) is 18.1 Å². The molecule has 0 aromatic heterocycles. The Hall–Kier alpha value is -0.0800. The molecule has 1 rings (SSSR count). The average molecular weight is 185 g/mol. The summed E-state index contributed by atoms with van der Waals surface area (Å²) >= 11 is 0. The zero-order valence-electron chi connectivity index (χ0n) is 9.12. The van der Waals surface area contributed by atoms with Crippen LogP contribution < -0.4 is 5.73 Å². The first-order valence-corrected chi connectivity index (χ1v) is 5.41. The van der Waals surface area contributed by atoms with E-state index in [2.05, 4.69) is 13.8 Å². The molecule has 13 heavy (non-hydrogen) atoms. The van der Waals surface area contributed by atoms with Crippen molar-refractivity contribution in [3.63, 3.8) is 0 Å². The van der Waals surface area contributed by atoms with Crippen molar-refractivity contribution in [1.82, 2.24) is 0 Å². The van der Waals surface area contributed by atoms with Gasteiger partial charge >= 0.3 is 0 Å². The van der Waals surface area contributed by atoms with Gasteiger partial charge in [-0.3, -0.25) is 0 Å². The molecule has 4 atom stereocenters. The smallest absolute Gasteiger partial charge is 0.0546 e. The first-order chi connectivity index (χ1) is 6.13. The molecule has 0 radical (unpaired) electrons. The molecule has 0 aromatic rings. The van der Waals surface area contributed by atoms with Gasteiger partial charge < -0.3 is 10.5 Å². The quantitative estimate of drug-likeness (QED) is 0.731. The lowest BCUT2D eigenvalue weighted by Crippen LogP contribution is -2.37. The van der Waals surface area contributed by atoms with Crippen LogP contribution in [0.4, 0.5) is 0 Å². The van der Waals surface area contributed by atoms with E-state index in [1.165, 1.54) is 19.3 Å². The molecule has 0 amide bonds. The Labute approximate surface area is 81.8 Å². The maximum atomic E-state index is 6.09. The molecule has 0 saturated heterocycles. The van der Waals surface area contributed by atoms with E-state index >= 15 is 0 Å². The van der Waals surface area contributed by atoms with Gasteiger partial charge in [-0.25, -0.2) is 0 Å². The number of ether oxygens (including phenoxy) is 1. The third kappa shape index (κ3) is 3.28. The van der Waals surface area contributed by atoms with E-state index in [1.54, 1.807) is 7.11 Å². The summed E-state index contributed by atoms with van der Waals surface area (Å²) in [6, 6.07) is 0.411. The van der Waals surface area contributed by atoms with Crippen LogP contribution in [0, 0.1) is 11.8 Å². The second-order valence-corrected chi connectivity index (χ2v) is 4.62. The highest BCUT2D eigenvalue weighted by atomic mass is 16.5. The number of hydrogen-bond acceptors (Lipinski definition) is 2. The van der Waals surface area contributed by atoms with Gasteiger partial charge in [0.05, 0.1) is 6.10 Å². The van der Waals surface area contributed by atoms with Crippen molar-refractivity contribution < 1.29 is 4.74 Å². The third-order valence-corrected chi connectivity index (χ3v) is 3.34. The first-order valence-electron chi connectivity index (χ1n) is 5.41. The summed E-state index contributed by atoms with van der Waals surface area (Å²) in [4.78, 5) is 0. The number of methoxy groups -OCH3 is 1. The summed E-state index contributed by atoms with van der Waals surface area (Å²) in [6.07, 6.45) is 5.28. The van der Waals surface area contributed by atoms with Crippen LogP contribution in [0.5, 0.6) is 0 Å². The van der Waals surface area contributed by atoms with Gasteiger partial charge in [0.1, 0.15) is 0 Å². The van der Waals surface area contributed by atoms with Crippen molar-refractivity contribution in [2.24, 2.45) is 17.6 Å². The average Bonchev–Trinajstić information content (AvgIpc) is 2.11. The minimum absolute atomic E-state index is 0.362. The highest BCUT2D eigenvalue weighted by molar-refractivity contribution is 4.82. The fourth-order valence-corrected chi connectivity index (χ4v) is 2.32. The van der Waals surface area contributed by atoms with Crippen LogP contribution in [-0.4, -0.2) is 19.3 Å². The van der Waals surface area contributed by atoms with Gasteiger partial charge in [0.25, 0.3) is 0 Å². The largest absolute Gasteiger partial charge is 0.382 e. The van der Waals surface area contributed by atoms with E-state index in [1.807, 2.05) is 0 Å². The van der Waals surface area contributed by atoms with Crippen molar-refractivity contribution in [2.75, 3.05) is 7.11 Å². The lowest BCUT2D eigenvalue weighted by atomic mass is 9.77. The summed E-state index contributed by atoms with van der Waals surface area (Å²) in [5.74, 6) is 1.53. The first kappa shape index (κ1) is 11.0. The molecule has 0 heterocycles. The number of rotatable bonds is 3. The molecule has 78 valence electrons. The van der Waals surface area contributed by atoms with Crippen LogP contribution in [0.1, 0.15) is 39.5 Å². The van der Waals surface area contributed by atoms with Crippen LogP contribution >= 0.6 is 0 Å². The fourth-order valence-electron chi connectivity index (χ4n) is 2.32. The second-order valence-electron chi connectivity index (χ2n) is 4.62. The second kappa shape index (κ2) is 4.97. The molecule has 1 fully saturated rings. The molecule has 0 aromatic carbocycles. The maximum Gasteiger partial charge on any atom is 0.0546 e. The lowest BCUT2D eigenvalue weighted by Gasteiger charge is -2.33. The van der Waals surface area contributed by atoms with Crippen LogP contribution in [0.15, 0.2) is 0 Å². The summed E-state index contributed by atoms with van der Waals surface area (Å²) in [6.45, 7) is 4.46. The van der Waals surface area contributed by atoms with Crippen LogP contribution in [0.2, 0.25) is 0 Å². The standard InChI is InChI=1S/C11H23NO/c1-8-4-5-11(12)10(6-8)7-9(2)13-3/h8-11H,4-7,12H2,1-3H3. The topological polar surface area (TPSA) is 35.2 Å². The van der Waals surface area contributed by atoms with Crippen molar-refractivity contribution in [3.8, 4) is 0 Å². The Bertz CT molecular complexity index is 149. The lowest BCUT2D eigenvalue weighted by molar-refractivity contribution is 0.0773. The van der Waals surface area contributed by atoms with Gasteiger partial charge in [-0.1, -0.05) is 6.92 Å². The SMILES string of the molecule is COC(C)CC1CC(C)CCC1N. The Kier molecular flexibility index (Phi) is 4.20. The molecule has 1 aliphatic rings. The van der Waals surface area contributed by atoms with Crippen LogP contribution in [0.3, 0.4) is 0 Å². The van der Waals surface area contributed by atoms with Crippen molar-refractivity contribution in [2.45, 2.75) is 51.7 Å². The van der Waals surface area contributed by atoms with E-state index in [0.717, 1.165) is 12.3 Å². The zero-order valence-corrected chi connectivity index (χ0v) is 9.12. The molecule has 2 heteroatoms. The van der Waals surface area contributed by atoms with Gasteiger partial charge in [0.2, 0.25) is 0 Å². The molecule has 0 spiro atoms. The minimum Gasteiger partial charge on any atom is -0.382 e. The van der Waals surface area contributed by atoms with Gasteiger partial charge in [-0.2, -0.15) is 0 Å². The highest BCUT2D eigenvalue weighted by Crippen LogP contribution is 2.31. The van der Waals surface area contributed by atoms with E-state index in [4.69, 9.17) is 10.5 Å². The normalized spacial score (nSPS) is 37.4. The van der Waals surface area contributed by atoms with Gasteiger partial charge in [-0.05, 0) is 44.4 Å². The van der Waals surface area contributed by atoms with Gasteiger partial charge in [-0.15, -0.1) is 0 Å². The van der Waals surface area contributed by atoms with Crippen molar-refractivity contribution >= 4 is 0 Å². The third-order valence-electron chi connectivity index (χ3n) is 3.34. The zero-order chi connectivity index (χ0) is 9.84. The predicted octanol–water partition coefficient (Wildman–Crippen LogP) is 2.17. The van der Waals surface area contributed by atoms with Crippen molar-refractivity contribution in [3.05, 3.63) is 0 Å². The molecule has 0 bridgehead atoms. The Morgan fingerprint density at radius 1 is 1.46 bits per heavy atom. The molecular weight excluding hydrogens is 162 g/mol. The number of nitrogens with two attached hydrogens (primary N) is 1. The molecule has 1 saturated carbocycles. The summed E-state index contributed by atoms with van der Waals surface area (Å²) < 4.78 is 5.28. The maximum absolute atomic E-state index is 6.09. The molecule has 0 aliphatic heterocycles. The molecule has 2 nitrogen and oxygen atoms in total. The monoisotopic (exact) mass is 185 g/mol. The highest BCUT2D eigenvalue weighted by Gasteiger charge is 2.26. The Morgan fingerprint density at radius 3 is 2.77 bits per heavy atom. The Morgan fingerprint density at radius 2 is 2.15 bits per heavy atom. The molecule has 4 unspecified atom stereocenters. The van der Waals surface area contributed by atoms with E-state index in [9.17, 15) is 0 Å². The van der Waals surface area contributed by atoms with Crippen LogP contribution in [-0.2, 0) is 4.74 Å². The fraction of sp³-hybridized carbons (Fsp3) is 1.00. The molecule has 2 N–H and O–H groups in total. The number of hydrogen-bond donors (Lipinski definition) is 1. The summed E-state index contributed by atoms with van der Waals surface area (Å²) in [5.41, 5.74) is 6.09. The summed E-state index contributed by atoms with van der Waals surface area (Å²) in [5, 5.41) is 0. The minimum atomic E-state index is 0.362. The predicted molar refractivity (Wildman–Crippen MR) is 55.6 cm³/mol. The van der Waals surface area contributed by atoms with E-state index in [-0.39, 0.29) is 0 Å². The molecular formula is C11H23NO. The molecule has 1 aliphatic carbocycles.